The molecule has 2 rings (SSSR count). The molecule has 1 atom stereocenters. The minimum absolute atomic E-state index is 0.128. The quantitative estimate of drug-likeness (QED) is 0.865. The van der Waals surface area contributed by atoms with Crippen molar-refractivity contribution in [2.45, 2.75) is 26.4 Å². The topological polar surface area (TPSA) is 38.1 Å². The molecule has 1 heterocycles. The number of hydrogen-bond acceptors (Lipinski definition) is 3. The number of nitrogens with zero attached hydrogens (tertiary/aromatic N) is 1. The van der Waals surface area contributed by atoms with Crippen molar-refractivity contribution in [3.63, 3.8) is 0 Å². The van der Waals surface area contributed by atoms with Crippen LogP contribution in [-0.2, 0) is 6.54 Å². The number of hydrogen-bond donors (Lipinski definition) is 1. The Balaban J connectivity index is 1.92. The van der Waals surface area contributed by atoms with Crippen LogP contribution in [0.2, 0.25) is 0 Å². The number of benzene rings is 1. The normalized spacial score (nSPS) is 12.6. The number of rotatable bonds is 4. The van der Waals surface area contributed by atoms with E-state index in [0.29, 0.717) is 0 Å². The molecule has 1 N–H and O–H groups in total. The second kappa shape index (κ2) is 5.64. The van der Waals surface area contributed by atoms with E-state index in [9.17, 15) is 0 Å². The van der Waals surface area contributed by atoms with E-state index in [0.717, 1.165) is 18.2 Å². The Morgan fingerprint density at radius 1 is 1.35 bits per heavy atom. The fraction of sp³-hybridized carbons (Fsp3) is 0.308. The molecule has 0 fully saturated rings. The summed E-state index contributed by atoms with van der Waals surface area (Å²) in [7, 11) is 0. The number of aromatic nitrogens is 1. The first-order valence-corrected chi connectivity index (χ1v) is 6.63. The largest absolute Gasteiger partial charge is 0.444 e. The fourth-order valence-corrected chi connectivity index (χ4v) is 1.89. The molecule has 1 unspecified atom stereocenters. The van der Waals surface area contributed by atoms with Gasteiger partial charge in [0.1, 0.15) is 5.76 Å². The van der Waals surface area contributed by atoms with Gasteiger partial charge in [0.15, 0.2) is 0 Å². The molecule has 0 spiro atoms. The third kappa shape index (κ3) is 3.54. The third-order valence-electron chi connectivity index (χ3n) is 2.54. The van der Waals surface area contributed by atoms with E-state index in [2.05, 4.69) is 64.1 Å². The average molecular weight is 342 g/mol. The molecule has 0 amide bonds. The van der Waals surface area contributed by atoms with E-state index in [-0.39, 0.29) is 6.04 Å². The summed E-state index contributed by atoms with van der Waals surface area (Å²) < 4.78 is 6.73. The molecule has 4 heteroatoms. The molecule has 0 radical (unpaired) electrons. The molecule has 3 nitrogen and oxygen atoms in total. The van der Waals surface area contributed by atoms with E-state index in [1.54, 1.807) is 6.20 Å². The van der Waals surface area contributed by atoms with Gasteiger partial charge in [-0.1, -0.05) is 12.1 Å². The van der Waals surface area contributed by atoms with E-state index < -0.39 is 0 Å². The Hall–Kier alpha value is -0.880. The third-order valence-corrected chi connectivity index (χ3v) is 3.25. The van der Waals surface area contributed by atoms with Gasteiger partial charge < -0.3 is 9.73 Å². The molecule has 90 valence electrons. The van der Waals surface area contributed by atoms with Gasteiger partial charge in [-0.25, -0.2) is 4.98 Å². The summed E-state index contributed by atoms with van der Waals surface area (Å²) >= 11 is 2.30. The van der Waals surface area contributed by atoms with Crippen LogP contribution in [0.5, 0.6) is 0 Å². The average Bonchev–Trinajstić information content (AvgIpc) is 2.75. The minimum Gasteiger partial charge on any atom is -0.444 e. The molecular formula is C13H15IN2O. The zero-order valence-electron chi connectivity index (χ0n) is 9.90. The van der Waals surface area contributed by atoms with Crippen molar-refractivity contribution in [2.75, 3.05) is 0 Å². The highest BCUT2D eigenvalue weighted by atomic mass is 127. The highest BCUT2D eigenvalue weighted by Gasteiger charge is 2.10. The molecule has 2 aromatic rings. The second-order valence-electron chi connectivity index (χ2n) is 4.04. The zero-order valence-corrected chi connectivity index (χ0v) is 12.1. The van der Waals surface area contributed by atoms with Crippen molar-refractivity contribution < 1.29 is 4.42 Å². The Morgan fingerprint density at radius 2 is 2.06 bits per heavy atom. The molecular weight excluding hydrogens is 327 g/mol. The van der Waals surface area contributed by atoms with E-state index in [1.165, 1.54) is 9.13 Å². The maximum atomic E-state index is 5.48. The fourth-order valence-electron chi connectivity index (χ4n) is 1.53. The van der Waals surface area contributed by atoms with Crippen LogP contribution in [0, 0.1) is 10.5 Å². The van der Waals surface area contributed by atoms with Crippen molar-refractivity contribution in [1.29, 1.82) is 0 Å². The summed E-state index contributed by atoms with van der Waals surface area (Å²) in [6, 6.07) is 8.60. The maximum Gasteiger partial charge on any atom is 0.211 e. The molecule has 1 aromatic heterocycles. The van der Waals surface area contributed by atoms with Crippen molar-refractivity contribution in [3.05, 3.63) is 51.2 Å². The van der Waals surface area contributed by atoms with Crippen LogP contribution >= 0.6 is 22.6 Å². The van der Waals surface area contributed by atoms with Crippen molar-refractivity contribution in [2.24, 2.45) is 0 Å². The SMILES string of the molecule is Cc1cnc(C(C)NCc2ccc(I)cc2)o1. The predicted molar refractivity (Wildman–Crippen MR) is 75.7 cm³/mol. The molecule has 17 heavy (non-hydrogen) atoms. The lowest BCUT2D eigenvalue weighted by Crippen LogP contribution is -2.18. The monoisotopic (exact) mass is 342 g/mol. The zero-order chi connectivity index (χ0) is 12.3. The first-order chi connectivity index (χ1) is 8.15. The Bertz CT molecular complexity index is 478. The van der Waals surface area contributed by atoms with Crippen LogP contribution in [0.15, 0.2) is 34.9 Å². The van der Waals surface area contributed by atoms with E-state index in [1.807, 2.05) is 6.92 Å². The summed E-state index contributed by atoms with van der Waals surface area (Å²) in [4.78, 5) is 4.21. The number of aryl methyl sites for hydroxylation is 1. The van der Waals surface area contributed by atoms with E-state index >= 15 is 0 Å². The molecule has 0 aliphatic heterocycles. The van der Waals surface area contributed by atoms with Gasteiger partial charge in [-0.05, 0) is 54.1 Å². The van der Waals surface area contributed by atoms with Crippen molar-refractivity contribution in [3.8, 4) is 0 Å². The second-order valence-corrected chi connectivity index (χ2v) is 5.28. The smallest absolute Gasteiger partial charge is 0.211 e. The van der Waals surface area contributed by atoms with Crippen LogP contribution < -0.4 is 5.32 Å². The first-order valence-electron chi connectivity index (χ1n) is 5.55. The van der Waals surface area contributed by atoms with Crippen molar-refractivity contribution >= 4 is 22.6 Å². The Morgan fingerprint density at radius 3 is 2.65 bits per heavy atom. The summed E-state index contributed by atoms with van der Waals surface area (Å²) in [5.41, 5.74) is 1.26. The molecule has 1 aromatic carbocycles. The Kier molecular flexibility index (Phi) is 4.17. The summed E-state index contributed by atoms with van der Waals surface area (Å²) in [6.07, 6.45) is 1.75. The molecule has 0 saturated heterocycles. The van der Waals surface area contributed by atoms with Crippen LogP contribution in [0.4, 0.5) is 0 Å². The van der Waals surface area contributed by atoms with Gasteiger partial charge in [-0.3, -0.25) is 0 Å². The van der Waals surface area contributed by atoms with Crippen LogP contribution in [0.25, 0.3) is 0 Å². The van der Waals surface area contributed by atoms with Gasteiger partial charge in [0, 0.05) is 10.1 Å². The highest BCUT2D eigenvalue weighted by molar-refractivity contribution is 14.1. The molecule has 0 aliphatic carbocycles. The van der Waals surface area contributed by atoms with Gasteiger partial charge in [-0.15, -0.1) is 0 Å². The summed E-state index contributed by atoms with van der Waals surface area (Å²) in [5, 5.41) is 3.39. The Labute approximate surface area is 115 Å². The van der Waals surface area contributed by atoms with Gasteiger partial charge >= 0.3 is 0 Å². The summed E-state index contributed by atoms with van der Waals surface area (Å²) in [5.74, 6) is 1.59. The van der Waals surface area contributed by atoms with Gasteiger partial charge in [-0.2, -0.15) is 0 Å². The van der Waals surface area contributed by atoms with Crippen molar-refractivity contribution in [1.82, 2.24) is 10.3 Å². The highest BCUT2D eigenvalue weighted by Crippen LogP contribution is 2.13. The lowest BCUT2D eigenvalue weighted by molar-refractivity contribution is 0.402. The van der Waals surface area contributed by atoms with E-state index in [4.69, 9.17) is 4.42 Å². The number of halogens is 1. The van der Waals surface area contributed by atoms with Gasteiger partial charge in [0.25, 0.3) is 0 Å². The molecule has 0 aliphatic rings. The lowest BCUT2D eigenvalue weighted by Gasteiger charge is -2.10. The standard InChI is InChI=1S/C13H15IN2O/c1-9-7-16-13(17-9)10(2)15-8-11-3-5-12(14)6-4-11/h3-7,10,15H,8H2,1-2H3. The minimum atomic E-state index is 0.128. The lowest BCUT2D eigenvalue weighted by atomic mass is 10.2. The maximum absolute atomic E-state index is 5.48. The van der Waals surface area contributed by atoms with Crippen LogP contribution in [0.1, 0.15) is 30.2 Å². The van der Waals surface area contributed by atoms with Crippen LogP contribution in [0.3, 0.4) is 0 Å². The number of oxazole rings is 1. The van der Waals surface area contributed by atoms with Gasteiger partial charge in [0.2, 0.25) is 5.89 Å². The molecule has 0 saturated carbocycles. The number of nitrogens with one attached hydrogen (secondary N) is 1. The molecule has 0 bridgehead atoms. The first kappa shape index (κ1) is 12.6. The predicted octanol–water partition coefficient (Wildman–Crippen LogP) is 3.44. The van der Waals surface area contributed by atoms with Gasteiger partial charge in [0.05, 0.1) is 12.2 Å². The van der Waals surface area contributed by atoms with Crippen LogP contribution in [-0.4, -0.2) is 4.98 Å². The summed E-state index contributed by atoms with van der Waals surface area (Å²) in [6.45, 7) is 4.78.